The monoisotopic (exact) mass is 254 g/mol. The van der Waals surface area contributed by atoms with Crippen LogP contribution in [0.15, 0.2) is 54.6 Å². The highest BCUT2D eigenvalue weighted by Gasteiger charge is 2.09. The van der Waals surface area contributed by atoms with Crippen molar-refractivity contribution in [1.29, 1.82) is 0 Å². The SMILES string of the molecule is CC(C)Cc1cccc(C(O)Cc2ccccc2)c1. The fraction of sp³-hybridized carbons (Fsp3) is 0.333. The predicted octanol–water partition coefficient (Wildman–Crippen LogP) is 4.16. The summed E-state index contributed by atoms with van der Waals surface area (Å²) in [7, 11) is 0. The lowest BCUT2D eigenvalue weighted by Crippen LogP contribution is -2.03. The van der Waals surface area contributed by atoms with Crippen LogP contribution >= 0.6 is 0 Å². The minimum absolute atomic E-state index is 0.422. The lowest BCUT2D eigenvalue weighted by Gasteiger charge is -2.13. The highest BCUT2D eigenvalue weighted by molar-refractivity contribution is 5.27. The van der Waals surface area contributed by atoms with Crippen LogP contribution in [0.2, 0.25) is 0 Å². The fourth-order valence-corrected chi connectivity index (χ4v) is 2.35. The minimum Gasteiger partial charge on any atom is -0.388 e. The van der Waals surface area contributed by atoms with E-state index in [4.69, 9.17) is 0 Å². The average molecular weight is 254 g/mol. The zero-order valence-electron chi connectivity index (χ0n) is 11.7. The molecule has 0 aromatic heterocycles. The van der Waals surface area contributed by atoms with Gasteiger partial charge in [-0.25, -0.2) is 0 Å². The molecule has 0 saturated heterocycles. The lowest BCUT2D eigenvalue weighted by atomic mass is 9.96. The minimum atomic E-state index is -0.422. The smallest absolute Gasteiger partial charge is 0.0830 e. The Morgan fingerprint density at radius 2 is 1.53 bits per heavy atom. The van der Waals surface area contributed by atoms with Crippen LogP contribution < -0.4 is 0 Å². The van der Waals surface area contributed by atoms with Crippen LogP contribution in [0.5, 0.6) is 0 Å². The molecule has 100 valence electrons. The molecule has 2 rings (SSSR count). The van der Waals surface area contributed by atoms with E-state index in [2.05, 4.69) is 38.1 Å². The highest BCUT2D eigenvalue weighted by atomic mass is 16.3. The van der Waals surface area contributed by atoms with E-state index in [1.54, 1.807) is 0 Å². The second-order valence-electron chi connectivity index (χ2n) is 5.55. The Bertz CT molecular complexity index is 502. The maximum Gasteiger partial charge on any atom is 0.0830 e. The van der Waals surface area contributed by atoms with E-state index in [9.17, 15) is 5.11 Å². The normalized spacial score (nSPS) is 12.6. The number of aliphatic hydroxyl groups excluding tert-OH is 1. The van der Waals surface area contributed by atoms with Crippen molar-refractivity contribution in [2.45, 2.75) is 32.8 Å². The third-order valence-electron chi connectivity index (χ3n) is 3.25. The standard InChI is InChI=1S/C18H22O/c1-14(2)11-16-9-6-10-17(12-16)18(19)13-15-7-4-3-5-8-15/h3-10,12,14,18-19H,11,13H2,1-2H3. The average Bonchev–Trinajstić information content (AvgIpc) is 2.39. The van der Waals surface area contributed by atoms with E-state index in [1.807, 2.05) is 30.3 Å². The van der Waals surface area contributed by atoms with Gasteiger partial charge in [-0.15, -0.1) is 0 Å². The van der Waals surface area contributed by atoms with Gasteiger partial charge in [0.05, 0.1) is 6.10 Å². The second-order valence-corrected chi connectivity index (χ2v) is 5.55. The summed E-state index contributed by atoms with van der Waals surface area (Å²) in [6.07, 6.45) is 1.31. The maximum atomic E-state index is 10.3. The molecule has 0 radical (unpaired) electrons. The van der Waals surface area contributed by atoms with Gasteiger partial charge in [0.2, 0.25) is 0 Å². The first-order valence-electron chi connectivity index (χ1n) is 6.96. The van der Waals surface area contributed by atoms with Gasteiger partial charge in [-0.3, -0.25) is 0 Å². The molecule has 0 spiro atoms. The molecule has 1 unspecified atom stereocenters. The van der Waals surface area contributed by atoms with Crippen LogP contribution in [0.4, 0.5) is 0 Å². The van der Waals surface area contributed by atoms with Gasteiger partial charge in [-0.05, 0) is 29.0 Å². The summed E-state index contributed by atoms with van der Waals surface area (Å²) in [5.74, 6) is 0.640. The third kappa shape index (κ3) is 4.22. The Morgan fingerprint density at radius 3 is 2.21 bits per heavy atom. The number of hydrogen-bond donors (Lipinski definition) is 1. The zero-order valence-corrected chi connectivity index (χ0v) is 11.7. The molecule has 0 heterocycles. The number of aliphatic hydroxyl groups is 1. The molecule has 0 saturated carbocycles. The maximum absolute atomic E-state index is 10.3. The largest absolute Gasteiger partial charge is 0.388 e. The van der Waals surface area contributed by atoms with E-state index in [1.165, 1.54) is 11.1 Å². The summed E-state index contributed by atoms with van der Waals surface area (Å²) in [5, 5.41) is 10.3. The summed E-state index contributed by atoms with van der Waals surface area (Å²) < 4.78 is 0. The molecule has 0 aliphatic rings. The fourth-order valence-electron chi connectivity index (χ4n) is 2.35. The molecule has 0 aliphatic carbocycles. The predicted molar refractivity (Wildman–Crippen MR) is 80.1 cm³/mol. The van der Waals surface area contributed by atoms with Crippen LogP contribution in [-0.4, -0.2) is 5.11 Å². The Kier molecular flexibility index (Phi) is 4.75. The van der Waals surface area contributed by atoms with Gasteiger partial charge in [-0.2, -0.15) is 0 Å². The Morgan fingerprint density at radius 1 is 0.842 bits per heavy atom. The molecule has 2 aromatic rings. The topological polar surface area (TPSA) is 20.2 Å². The molecule has 1 N–H and O–H groups in total. The van der Waals surface area contributed by atoms with Crippen LogP contribution in [0, 0.1) is 5.92 Å². The molecule has 1 heteroatoms. The number of hydrogen-bond acceptors (Lipinski definition) is 1. The molecule has 0 bridgehead atoms. The van der Waals surface area contributed by atoms with E-state index in [-0.39, 0.29) is 0 Å². The van der Waals surface area contributed by atoms with E-state index in [0.717, 1.165) is 12.0 Å². The van der Waals surface area contributed by atoms with E-state index < -0.39 is 6.10 Å². The van der Waals surface area contributed by atoms with Crippen molar-refractivity contribution in [3.05, 3.63) is 71.3 Å². The molecule has 0 fully saturated rings. The van der Waals surface area contributed by atoms with Crippen LogP contribution in [-0.2, 0) is 12.8 Å². The van der Waals surface area contributed by atoms with Crippen molar-refractivity contribution in [2.24, 2.45) is 5.92 Å². The lowest BCUT2D eigenvalue weighted by molar-refractivity contribution is 0.178. The summed E-state index contributed by atoms with van der Waals surface area (Å²) >= 11 is 0. The Labute approximate surface area is 115 Å². The molecule has 19 heavy (non-hydrogen) atoms. The Hall–Kier alpha value is -1.60. The Balaban J connectivity index is 2.08. The van der Waals surface area contributed by atoms with Crippen LogP contribution in [0.1, 0.15) is 36.6 Å². The summed E-state index contributed by atoms with van der Waals surface area (Å²) in [4.78, 5) is 0. The van der Waals surface area contributed by atoms with Crippen molar-refractivity contribution in [3.63, 3.8) is 0 Å². The molecule has 1 nitrogen and oxygen atoms in total. The van der Waals surface area contributed by atoms with Gasteiger partial charge in [-0.1, -0.05) is 68.4 Å². The molecule has 0 amide bonds. The second kappa shape index (κ2) is 6.53. The molecule has 2 aromatic carbocycles. The van der Waals surface area contributed by atoms with E-state index in [0.29, 0.717) is 12.3 Å². The van der Waals surface area contributed by atoms with Gasteiger partial charge >= 0.3 is 0 Å². The number of rotatable bonds is 5. The summed E-state index contributed by atoms with van der Waals surface area (Å²) in [5.41, 5.74) is 3.49. The quantitative estimate of drug-likeness (QED) is 0.849. The third-order valence-corrected chi connectivity index (χ3v) is 3.25. The van der Waals surface area contributed by atoms with Gasteiger partial charge in [0, 0.05) is 6.42 Å². The van der Waals surface area contributed by atoms with Crippen molar-refractivity contribution in [1.82, 2.24) is 0 Å². The van der Waals surface area contributed by atoms with E-state index >= 15 is 0 Å². The first kappa shape index (κ1) is 13.8. The first-order chi connectivity index (χ1) is 9.15. The zero-order chi connectivity index (χ0) is 13.7. The first-order valence-corrected chi connectivity index (χ1v) is 6.96. The van der Waals surface area contributed by atoms with Crippen molar-refractivity contribution in [2.75, 3.05) is 0 Å². The number of benzene rings is 2. The summed E-state index contributed by atoms with van der Waals surface area (Å²) in [6.45, 7) is 4.43. The van der Waals surface area contributed by atoms with Gasteiger partial charge in [0.1, 0.15) is 0 Å². The van der Waals surface area contributed by atoms with Gasteiger partial charge in [0.25, 0.3) is 0 Å². The van der Waals surface area contributed by atoms with Crippen molar-refractivity contribution >= 4 is 0 Å². The highest BCUT2D eigenvalue weighted by Crippen LogP contribution is 2.20. The van der Waals surface area contributed by atoms with Gasteiger partial charge in [0.15, 0.2) is 0 Å². The molecule has 1 atom stereocenters. The van der Waals surface area contributed by atoms with Gasteiger partial charge < -0.3 is 5.11 Å². The van der Waals surface area contributed by atoms with Crippen molar-refractivity contribution < 1.29 is 5.11 Å². The van der Waals surface area contributed by atoms with Crippen LogP contribution in [0.25, 0.3) is 0 Å². The molecular formula is C18H22O. The molecular weight excluding hydrogens is 232 g/mol. The van der Waals surface area contributed by atoms with Crippen LogP contribution in [0.3, 0.4) is 0 Å². The summed E-state index contributed by atoms with van der Waals surface area (Å²) in [6, 6.07) is 18.5. The molecule has 0 aliphatic heterocycles. The van der Waals surface area contributed by atoms with Crippen molar-refractivity contribution in [3.8, 4) is 0 Å².